The Hall–Kier alpha value is -3.34. The van der Waals surface area contributed by atoms with E-state index in [-0.39, 0.29) is 5.75 Å². The molecule has 5 atom stereocenters. The van der Waals surface area contributed by atoms with Gasteiger partial charge in [0, 0.05) is 20.8 Å². The van der Waals surface area contributed by atoms with E-state index in [9.17, 15) is 19.2 Å². The number of aryl methyl sites for hydroxylation is 1. The van der Waals surface area contributed by atoms with Gasteiger partial charge in [0.2, 0.25) is 12.4 Å². The summed E-state index contributed by atoms with van der Waals surface area (Å²) in [5.41, 5.74) is 0.885. The fourth-order valence-electron chi connectivity index (χ4n) is 3.17. The van der Waals surface area contributed by atoms with Crippen LogP contribution >= 0.6 is 0 Å². The Morgan fingerprint density at radius 2 is 1.38 bits per heavy atom. The Labute approximate surface area is 184 Å². The lowest BCUT2D eigenvalue weighted by molar-refractivity contribution is -0.282. The molecule has 11 nitrogen and oxygen atoms in total. The molecule has 11 heteroatoms. The van der Waals surface area contributed by atoms with Crippen LogP contribution in [0.5, 0.6) is 11.5 Å². The first kappa shape index (κ1) is 24.9. The third-order valence-electron chi connectivity index (χ3n) is 4.40. The zero-order valence-electron chi connectivity index (χ0n) is 18.6. The van der Waals surface area contributed by atoms with Gasteiger partial charge >= 0.3 is 23.9 Å². The smallest absolute Gasteiger partial charge is 0.339 e. The normalized spacial score (nSPS) is 24.6. The van der Waals surface area contributed by atoms with Crippen molar-refractivity contribution in [1.82, 2.24) is 0 Å². The van der Waals surface area contributed by atoms with Gasteiger partial charge in [-0.25, -0.2) is 4.79 Å². The number of rotatable bonds is 7. The van der Waals surface area contributed by atoms with Gasteiger partial charge in [0.1, 0.15) is 0 Å². The number of hydrogen-bond donors (Lipinski definition) is 0. The Morgan fingerprint density at radius 3 is 1.91 bits per heavy atom. The van der Waals surface area contributed by atoms with Crippen molar-refractivity contribution >= 4 is 23.9 Å². The van der Waals surface area contributed by atoms with Crippen LogP contribution in [0.3, 0.4) is 0 Å². The van der Waals surface area contributed by atoms with Crippen molar-refractivity contribution in [3.63, 3.8) is 0 Å². The van der Waals surface area contributed by atoms with Gasteiger partial charge in [-0.15, -0.1) is 0 Å². The van der Waals surface area contributed by atoms with E-state index in [2.05, 4.69) is 0 Å². The number of carbonyl (C=O) groups excluding carboxylic acids is 4. The summed E-state index contributed by atoms with van der Waals surface area (Å²) in [5.74, 6) is -2.68. The lowest BCUT2D eigenvalue weighted by Crippen LogP contribution is -2.64. The number of ether oxygens (including phenoxy) is 7. The van der Waals surface area contributed by atoms with Gasteiger partial charge in [0.25, 0.3) is 0 Å². The monoisotopic (exact) mass is 454 g/mol. The maximum absolute atomic E-state index is 12.4. The summed E-state index contributed by atoms with van der Waals surface area (Å²) in [5, 5.41) is 0. The van der Waals surface area contributed by atoms with Crippen LogP contribution in [0.4, 0.5) is 0 Å². The predicted octanol–water partition coefficient (Wildman–Crippen LogP) is 1.08. The fraction of sp³-hybridized carbons (Fsp3) is 0.524. The predicted molar refractivity (Wildman–Crippen MR) is 106 cm³/mol. The molecule has 1 fully saturated rings. The molecule has 32 heavy (non-hydrogen) atoms. The SMILES string of the molecule is COC(=O)[C@H]1O[C@@H](Oc2ccc(C)cc2OC)[C@H](OC(C)=O)[C@@H](OC(C)=O)[C@@H]1OC(C)=O. The first-order chi connectivity index (χ1) is 15.1. The average molecular weight is 454 g/mol. The standard InChI is InChI=1S/C21H26O11/c1-10-7-8-14(15(9-10)26-5)31-21-19(30-13(4)24)17(29-12(3)23)16(28-11(2)22)18(32-21)20(25)27-6/h7-9,16-19,21H,1-6H3/t16-,17-,18-,19+,21+/m0/s1. The van der Waals surface area contributed by atoms with Crippen LogP contribution in [0.25, 0.3) is 0 Å². The van der Waals surface area contributed by atoms with Crippen LogP contribution in [-0.4, -0.2) is 68.8 Å². The van der Waals surface area contributed by atoms with Crippen molar-refractivity contribution in [3.8, 4) is 11.5 Å². The molecule has 0 aromatic heterocycles. The highest BCUT2D eigenvalue weighted by atomic mass is 16.7. The Bertz CT molecular complexity index is 865. The molecule has 1 aliphatic rings. The van der Waals surface area contributed by atoms with Gasteiger partial charge < -0.3 is 33.2 Å². The zero-order chi connectivity index (χ0) is 24.0. The van der Waals surface area contributed by atoms with Crippen LogP contribution in [0.15, 0.2) is 18.2 Å². The van der Waals surface area contributed by atoms with Gasteiger partial charge in [0.15, 0.2) is 29.8 Å². The quantitative estimate of drug-likeness (QED) is 0.433. The molecule has 0 aliphatic carbocycles. The Balaban J connectivity index is 2.54. The van der Waals surface area contributed by atoms with Crippen LogP contribution in [-0.2, 0) is 42.9 Å². The molecular weight excluding hydrogens is 428 g/mol. The van der Waals surface area contributed by atoms with Gasteiger partial charge in [0.05, 0.1) is 14.2 Å². The van der Waals surface area contributed by atoms with Gasteiger partial charge in [-0.3, -0.25) is 14.4 Å². The van der Waals surface area contributed by atoms with Crippen molar-refractivity contribution in [2.75, 3.05) is 14.2 Å². The molecule has 0 bridgehead atoms. The molecule has 1 aromatic rings. The number of benzene rings is 1. The minimum Gasteiger partial charge on any atom is -0.493 e. The molecule has 0 saturated carbocycles. The number of hydrogen-bond acceptors (Lipinski definition) is 11. The van der Waals surface area contributed by atoms with Crippen LogP contribution < -0.4 is 9.47 Å². The molecule has 2 rings (SSSR count). The highest BCUT2D eigenvalue weighted by molar-refractivity contribution is 5.77. The van der Waals surface area contributed by atoms with E-state index in [4.69, 9.17) is 33.2 Å². The summed E-state index contributed by atoms with van der Waals surface area (Å²) in [6, 6.07) is 5.03. The second-order valence-corrected chi connectivity index (χ2v) is 6.94. The molecule has 0 spiro atoms. The molecule has 1 heterocycles. The lowest BCUT2D eigenvalue weighted by atomic mass is 9.97. The van der Waals surface area contributed by atoms with Crippen molar-refractivity contribution in [2.45, 2.75) is 58.4 Å². The molecule has 176 valence electrons. The summed E-state index contributed by atoms with van der Waals surface area (Å²) in [6.45, 7) is 5.18. The van der Waals surface area contributed by atoms with Crippen molar-refractivity contribution in [1.29, 1.82) is 0 Å². The second kappa shape index (κ2) is 10.8. The topological polar surface area (TPSA) is 133 Å². The first-order valence-corrected chi connectivity index (χ1v) is 9.63. The van der Waals surface area contributed by atoms with Gasteiger partial charge in [-0.1, -0.05) is 6.07 Å². The summed E-state index contributed by atoms with van der Waals surface area (Å²) in [4.78, 5) is 47.7. The van der Waals surface area contributed by atoms with E-state index in [0.29, 0.717) is 5.75 Å². The lowest BCUT2D eigenvalue weighted by Gasteiger charge is -2.43. The van der Waals surface area contributed by atoms with Gasteiger partial charge in [-0.2, -0.15) is 0 Å². The summed E-state index contributed by atoms with van der Waals surface area (Å²) >= 11 is 0. The third kappa shape index (κ3) is 6.10. The molecule has 1 saturated heterocycles. The van der Waals surface area contributed by atoms with E-state index in [0.717, 1.165) is 33.4 Å². The van der Waals surface area contributed by atoms with Crippen molar-refractivity contribution in [2.24, 2.45) is 0 Å². The number of carbonyl (C=O) groups is 4. The fourth-order valence-corrected chi connectivity index (χ4v) is 3.17. The second-order valence-electron chi connectivity index (χ2n) is 6.94. The summed E-state index contributed by atoms with van der Waals surface area (Å²) in [6.07, 6.45) is -7.28. The third-order valence-corrected chi connectivity index (χ3v) is 4.40. The minimum absolute atomic E-state index is 0.205. The van der Waals surface area contributed by atoms with Gasteiger partial charge in [-0.05, 0) is 24.6 Å². The molecule has 0 amide bonds. The maximum atomic E-state index is 12.4. The van der Waals surface area contributed by atoms with E-state index < -0.39 is 54.6 Å². The summed E-state index contributed by atoms with van der Waals surface area (Å²) in [7, 11) is 2.54. The van der Waals surface area contributed by atoms with Crippen molar-refractivity contribution < 1.29 is 52.3 Å². The Morgan fingerprint density at radius 1 is 0.812 bits per heavy atom. The minimum atomic E-state index is -1.54. The molecule has 0 unspecified atom stereocenters. The molecule has 1 aromatic carbocycles. The highest BCUT2D eigenvalue weighted by Crippen LogP contribution is 2.34. The molecular formula is C21H26O11. The maximum Gasteiger partial charge on any atom is 0.339 e. The molecule has 0 N–H and O–H groups in total. The highest BCUT2D eigenvalue weighted by Gasteiger charge is 2.56. The van der Waals surface area contributed by atoms with E-state index in [1.165, 1.54) is 7.11 Å². The number of methoxy groups -OCH3 is 2. The average Bonchev–Trinajstić information content (AvgIpc) is 2.71. The molecule has 1 aliphatic heterocycles. The largest absolute Gasteiger partial charge is 0.493 e. The Kier molecular flexibility index (Phi) is 8.41. The van der Waals surface area contributed by atoms with Crippen molar-refractivity contribution in [3.05, 3.63) is 23.8 Å². The van der Waals surface area contributed by atoms with Crippen LogP contribution in [0, 0.1) is 6.92 Å². The van der Waals surface area contributed by atoms with Crippen LogP contribution in [0.2, 0.25) is 0 Å². The zero-order valence-corrected chi connectivity index (χ0v) is 18.6. The first-order valence-electron chi connectivity index (χ1n) is 9.63. The molecule has 0 radical (unpaired) electrons. The van der Waals surface area contributed by atoms with E-state index in [1.807, 2.05) is 6.92 Å². The summed E-state index contributed by atoms with van der Waals surface area (Å²) < 4.78 is 37.4. The van der Waals surface area contributed by atoms with E-state index >= 15 is 0 Å². The number of esters is 4. The van der Waals surface area contributed by atoms with E-state index in [1.54, 1.807) is 18.2 Å². The van der Waals surface area contributed by atoms with Crippen LogP contribution in [0.1, 0.15) is 26.3 Å².